The van der Waals surface area contributed by atoms with Gasteiger partial charge in [0.25, 0.3) is 5.91 Å². The standard InChI is InChI=1S/C15H16N2O4/c1-9(2)17-7-3-4-12(17)14(19)16-10-5-6-11(15(20)21)13(18)8-10/h3-9,18H,1-2H3,(H,16,19)(H,20,21). The van der Waals surface area contributed by atoms with Crippen LogP contribution in [0.4, 0.5) is 5.69 Å². The number of phenols is 1. The van der Waals surface area contributed by atoms with Gasteiger partial charge in [-0.3, -0.25) is 4.79 Å². The van der Waals surface area contributed by atoms with Crippen molar-refractivity contribution in [2.24, 2.45) is 0 Å². The third-order valence-corrected chi connectivity index (χ3v) is 3.05. The topological polar surface area (TPSA) is 91.6 Å². The normalized spacial score (nSPS) is 10.6. The number of carbonyl (C=O) groups excluding carboxylic acids is 1. The SMILES string of the molecule is CC(C)n1cccc1C(=O)Nc1ccc(C(=O)O)c(O)c1. The van der Waals surface area contributed by atoms with Gasteiger partial charge in [0.1, 0.15) is 17.0 Å². The van der Waals surface area contributed by atoms with Gasteiger partial charge in [-0.25, -0.2) is 4.79 Å². The Labute approximate surface area is 121 Å². The fraction of sp³-hybridized carbons (Fsp3) is 0.200. The maximum atomic E-state index is 12.2. The predicted octanol–water partition coefficient (Wildman–Crippen LogP) is 2.73. The van der Waals surface area contributed by atoms with Gasteiger partial charge in [-0.15, -0.1) is 0 Å². The number of nitrogens with one attached hydrogen (secondary N) is 1. The van der Waals surface area contributed by atoms with Crippen LogP contribution in [0.2, 0.25) is 0 Å². The third kappa shape index (κ3) is 3.05. The minimum absolute atomic E-state index is 0.142. The first-order valence-corrected chi connectivity index (χ1v) is 6.44. The Morgan fingerprint density at radius 2 is 1.95 bits per heavy atom. The van der Waals surface area contributed by atoms with Gasteiger partial charge in [-0.2, -0.15) is 0 Å². The van der Waals surface area contributed by atoms with E-state index in [-0.39, 0.29) is 23.3 Å². The Bertz CT molecular complexity index is 689. The number of aromatic hydroxyl groups is 1. The maximum Gasteiger partial charge on any atom is 0.339 e. The number of aromatic carboxylic acids is 1. The first-order valence-electron chi connectivity index (χ1n) is 6.44. The molecule has 0 aliphatic rings. The number of amides is 1. The van der Waals surface area contributed by atoms with E-state index in [0.29, 0.717) is 11.4 Å². The van der Waals surface area contributed by atoms with Gasteiger partial charge in [0.05, 0.1) is 0 Å². The molecular formula is C15H16N2O4. The maximum absolute atomic E-state index is 12.2. The van der Waals surface area contributed by atoms with Crippen molar-refractivity contribution in [1.82, 2.24) is 4.57 Å². The van der Waals surface area contributed by atoms with Crippen LogP contribution in [0, 0.1) is 0 Å². The van der Waals surface area contributed by atoms with E-state index in [0.717, 1.165) is 0 Å². The highest BCUT2D eigenvalue weighted by atomic mass is 16.4. The van der Waals surface area contributed by atoms with Crippen LogP contribution >= 0.6 is 0 Å². The zero-order valence-corrected chi connectivity index (χ0v) is 11.7. The Hall–Kier alpha value is -2.76. The van der Waals surface area contributed by atoms with Crippen molar-refractivity contribution in [3.63, 3.8) is 0 Å². The predicted molar refractivity (Wildman–Crippen MR) is 77.8 cm³/mol. The van der Waals surface area contributed by atoms with Gasteiger partial charge >= 0.3 is 5.97 Å². The highest BCUT2D eigenvalue weighted by Gasteiger charge is 2.15. The van der Waals surface area contributed by atoms with Gasteiger partial charge in [-0.1, -0.05) is 0 Å². The van der Waals surface area contributed by atoms with E-state index in [9.17, 15) is 14.7 Å². The monoisotopic (exact) mass is 288 g/mol. The summed E-state index contributed by atoms with van der Waals surface area (Å²) in [5.74, 6) is -1.94. The molecule has 1 aromatic carbocycles. The second kappa shape index (κ2) is 5.70. The molecule has 0 radical (unpaired) electrons. The molecule has 0 aliphatic heterocycles. The summed E-state index contributed by atoms with van der Waals surface area (Å²) < 4.78 is 1.82. The highest BCUT2D eigenvalue weighted by molar-refractivity contribution is 6.03. The molecule has 0 aliphatic carbocycles. The van der Waals surface area contributed by atoms with Crippen LogP contribution in [-0.4, -0.2) is 26.7 Å². The number of benzene rings is 1. The van der Waals surface area contributed by atoms with Gasteiger partial charge < -0.3 is 20.1 Å². The molecule has 6 nitrogen and oxygen atoms in total. The number of hydrogen-bond donors (Lipinski definition) is 3. The number of carboxylic acid groups (broad SMARTS) is 1. The molecule has 1 heterocycles. The number of carboxylic acids is 1. The van der Waals surface area contributed by atoms with Crippen LogP contribution < -0.4 is 5.32 Å². The first kappa shape index (κ1) is 14.6. The summed E-state index contributed by atoms with van der Waals surface area (Å²) in [4.78, 5) is 23.0. The lowest BCUT2D eigenvalue weighted by atomic mass is 10.2. The summed E-state index contributed by atoms with van der Waals surface area (Å²) in [5, 5.41) is 21.1. The molecule has 2 aromatic rings. The largest absolute Gasteiger partial charge is 0.507 e. The third-order valence-electron chi connectivity index (χ3n) is 3.05. The zero-order chi connectivity index (χ0) is 15.6. The average Bonchev–Trinajstić information content (AvgIpc) is 2.87. The minimum Gasteiger partial charge on any atom is -0.507 e. The summed E-state index contributed by atoms with van der Waals surface area (Å²) in [7, 11) is 0. The van der Waals surface area contributed by atoms with Crippen molar-refractivity contribution in [3.8, 4) is 5.75 Å². The summed E-state index contributed by atoms with van der Waals surface area (Å²) in [6.45, 7) is 3.93. The van der Waals surface area contributed by atoms with Crippen molar-refractivity contribution >= 4 is 17.6 Å². The molecule has 0 spiro atoms. The van der Waals surface area contributed by atoms with Crippen molar-refractivity contribution < 1.29 is 19.8 Å². The Balaban J connectivity index is 2.22. The molecule has 0 saturated carbocycles. The molecule has 0 bridgehead atoms. The van der Waals surface area contributed by atoms with Crippen molar-refractivity contribution in [2.45, 2.75) is 19.9 Å². The highest BCUT2D eigenvalue weighted by Crippen LogP contribution is 2.22. The lowest BCUT2D eigenvalue weighted by Crippen LogP contribution is -2.17. The molecule has 0 fully saturated rings. The van der Waals surface area contributed by atoms with Crippen LogP contribution in [0.5, 0.6) is 5.75 Å². The van der Waals surface area contributed by atoms with E-state index < -0.39 is 5.97 Å². The summed E-state index contributed by atoms with van der Waals surface area (Å²) in [5.41, 5.74) is 0.615. The molecule has 110 valence electrons. The smallest absolute Gasteiger partial charge is 0.339 e. The Morgan fingerprint density at radius 3 is 2.52 bits per heavy atom. The van der Waals surface area contributed by atoms with Crippen LogP contribution in [0.25, 0.3) is 0 Å². The number of hydrogen-bond acceptors (Lipinski definition) is 3. The molecule has 0 atom stereocenters. The minimum atomic E-state index is -1.22. The fourth-order valence-electron chi connectivity index (χ4n) is 2.02. The number of carbonyl (C=O) groups is 2. The van der Waals surface area contributed by atoms with E-state index in [1.54, 1.807) is 12.1 Å². The molecule has 21 heavy (non-hydrogen) atoms. The Kier molecular flexibility index (Phi) is 3.98. The van der Waals surface area contributed by atoms with E-state index in [4.69, 9.17) is 5.11 Å². The lowest BCUT2D eigenvalue weighted by Gasteiger charge is -2.13. The second-order valence-corrected chi connectivity index (χ2v) is 4.89. The molecular weight excluding hydrogens is 272 g/mol. The number of rotatable bonds is 4. The summed E-state index contributed by atoms with van der Waals surface area (Å²) in [6, 6.07) is 7.51. The molecule has 1 amide bonds. The average molecular weight is 288 g/mol. The van der Waals surface area contributed by atoms with E-state index >= 15 is 0 Å². The van der Waals surface area contributed by atoms with Crippen LogP contribution in [0.3, 0.4) is 0 Å². The van der Waals surface area contributed by atoms with E-state index in [1.165, 1.54) is 18.2 Å². The molecule has 2 rings (SSSR count). The van der Waals surface area contributed by atoms with Gasteiger partial charge in [0, 0.05) is 24.0 Å². The molecule has 1 aromatic heterocycles. The molecule has 6 heteroatoms. The van der Waals surface area contributed by atoms with E-state index in [2.05, 4.69) is 5.32 Å². The fourth-order valence-corrected chi connectivity index (χ4v) is 2.02. The zero-order valence-electron chi connectivity index (χ0n) is 11.7. The number of anilines is 1. The summed E-state index contributed by atoms with van der Waals surface area (Å²) in [6.07, 6.45) is 1.81. The van der Waals surface area contributed by atoms with Gasteiger partial charge in [0.2, 0.25) is 0 Å². The van der Waals surface area contributed by atoms with Crippen LogP contribution in [0.15, 0.2) is 36.5 Å². The number of nitrogens with zero attached hydrogens (tertiary/aromatic N) is 1. The quantitative estimate of drug-likeness (QED) is 0.806. The van der Waals surface area contributed by atoms with Crippen molar-refractivity contribution in [3.05, 3.63) is 47.8 Å². The molecule has 0 saturated heterocycles. The first-order chi connectivity index (χ1) is 9.90. The molecule has 0 unspecified atom stereocenters. The number of aromatic nitrogens is 1. The van der Waals surface area contributed by atoms with Gasteiger partial charge in [-0.05, 0) is 38.1 Å². The molecule has 3 N–H and O–H groups in total. The Morgan fingerprint density at radius 1 is 1.24 bits per heavy atom. The summed E-state index contributed by atoms with van der Waals surface area (Å²) >= 11 is 0. The van der Waals surface area contributed by atoms with Crippen molar-refractivity contribution in [2.75, 3.05) is 5.32 Å². The van der Waals surface area contributed by atoms with Crippen molar-refractivity contribution in [1.29, 1.82) is 0 Å². The van der Waals surface area contributed by atoms with Gasteiger partial charge in [0.15, 0.2) is 0 Å². The van der Waals surface area contributed by atoms with Crippen LogP contribution in [-0.2, 0) is 0 Å². The van der Waals surface area contributed by atoms with E-state index in [1.807, 2.05) is 24.6 Å². The second-order valence-electron chi connectivity index (χ2n) is 4.89. The lowest BCUT2D eigenvalue weighted by molar-refractivity contribution is 0.0693. The van der Waals surface area contributed by atoms with Crippen LogP contribution in [0.1, 0.15) is 40.7 Å².